The number of carbonyl (C=O) groups excluding carboxylic acids is 2. The lowest BCUT2D eigenvalue weighted by atomic mass is 9.67. The van der Waals surface area contributed by atoms with Crippen LogP contribution in [0.3, 0.4) is 0 Å². The fourth-order valence-electron chi connectivity index (χ4n) is 3.48. The number of primary amides is 1. The zero-order valence-corrected chi connectivity index (χ0v) is 14.4. The van der Waals surface area contributed by atoms with Gasteiger partial charge in [0.2, 0.25) is 11.8 Å². The highest BCUT2D eigenvalue weighted by Gasteiger charge is 2.55. The predicted octanol–water partition coefficient (Wildman–Crippen LogP) is 1.64. The predicted molar refractivity (Wildman–Crippen MR) is 94.5 cm³/mol. The Kier molecular flexibility index (Phi) is 4.68. The summed E-state index contributed by atoms with van der Waals surface area (Å²) in [4.78, 5) is 24.6. The van der Waals surface area contributed by atoms with Gasteiger partial charge in [0.05, 0.1) is 6.07 Å². The summed E-state index contributed by atoms with van der Waals surface area (Å²) in [7, 11) is 0. The van der Waals surface area contributed by atoms with Gasteiger partial charge in [-0.25, -0.2) is 0 Å². The van der Waals surface area contributed by atoms with Crippen LogP contribution < -0.4 is 11.1 Å². The number of halogens is 1. The third kappa shape index (κ3) is 2.92. The summed E-state index contributed by atoms with van der Waals surface area (Å²) in [6.07, 6.45) is 0. The van der Waals surface area contributed by atoms with Crippen LogP contribution in [0.2, 0.25) is 5.02 Å². The third-order valence-electron chi connectivity index (χ3n) is 4.66. The van der Waals surface area contributed by atoms with Crippen molar-refractivity contribution >= 4 is 23.4 Å². The van der Waals surface area contributed by atoms with E-state index < -0.39 is 35.3 Å². The lowest BCUT2D eigenvalue weighted by Crippen LogP contribution is -2.62. The lowest BCUT2D eigenvalue weighted by molar-refractivity contribution is -0.153. The van der Waals surface area contributed by atoms with Crippen molar-refractivity contribution in [1.29, 1.82) is 5.26 Å². The van der Waals surface area contributed by atoms with Gasteiger partial charge in [-0.1, -0.05) is 54.1 Å². The van der Waals surface area contributed by atoms with Crippen LogP contribution in [0.1, 0.15) is 17.0 Å². The molecule has 1 heterocycles. The number of hydrogen-bond acceptors (Lipinski definition) is 4. The highest BCUT2D eigenvalue weighted by molar-refractivity contribution is 6.30. The Bertz CT molecular complexity index is 896. The number of aliphatic hydroxyl groups is 1. The van der Waals surface area contributed by atoms with Crippen molar-refractivity contribution in [3.63, 3.8) is 0 Å². The molecule has 6 nitrogen and oxygen atoms in total. The molecule has 1 saturated heterocycles. The number of carbonyl (C=O) groups is 2. The van der Waals surface area contributed by atoms with E-state index in [1.165, 1.54) is 0 Å². The summed E-state index contributed by atoms with van der Waals surface area (Å²) in [5.74, 6) is -5.01. The Morgan fingerprint density at radius 2 is 1.92 bits per heavy atom. The first kappa shape index (κ1) is 17.9. The van der Waals surface area contributed by atoms with Gasteiger partial charge in [0.25, 0.3) is 0 Å². The molecule has 2 aromatic carbocycles. The van der Waals surface area contributed by atoms with Crippen LogP contribution in [0.5, 0.6) is 0 Å². The van der Waals surface area contributed by atoms with Crippen molar-refractivity contribution in [3.8, 4) is 6.07 Å². The van der Waals surface area contributed by atoms with Gasteiger partial charge in [0.1, 0.15) is 11.8 Å². The number of amides is 2. The van der Waals surface area contributed by atoms with Crippen LogP contribution in [0.15, 0.2) is 54.6 Å². The lowest BCUT2D eigenvalue weighted by Gasteiger charge is -2.44. The van der Waals surface area contributed by atoms with Gasteiger partial charge in [-0.3, -0.25) is 9.59 Å². The van der Waals surface area contributed by atoms with E-state index in [2.05, 4.69) is 11.4 Å². The molecule has 1 fully saturated rings. The van der Waals surface area contributed by atoms with Gasteiger partial charge in [0, 0.05) is 16.5 Å². The minimum Gasteiger partial charge on any atom is -0.369 e. The number of nitrogens with one attached hydrogen (secondary N) is 1. The van der Waals surface area contributed by atoms with Gasteiger partial charge < -0.3 is 16.2 Å². The molecule has 4 N–H and O–H groups in total. The number of nitriles is 1. The molecule has 132 valence electrons. The van der Waals surface area contributed by atoms with E-state index in [0.717, 1.165) is 0 Å². The van der Waals surface area contributed by atoms with Crippen molar-refractivity contribution in [1.82, 2.24) is 5.32 Å². The molecule has 3 rings (SSSR count). The highest BCUT2D eigenvalue weighted by Crippen LogP contribution is 2.45. The second kappa shape index (κ2) is 6.79. The SMILES string of the molecule is N#C[C@H]1[C@H](c2cccc(Cl)c2)[C@H](C(N)=O)C(=O)N[C@@]1(O)c1ccccc1. The first-order valence-corrected chi connectivity index (χ1v) is 8.30. The molecule has 2 amide bonds. The molecular weight excluding hydrogens is 354 g/mol. The summed E-state index contributed by atoms with van der Waals surface area (Å²) >= 11 is 6.04. The standard InChI is InChI=1S/C19H16ClN3O3/c20-13-8-4-5-11(9-13)15-14(10-21)19(26,12-6-2-1-3-7-12)23-18(25)16(15)17(22)24/h1-9,14-16,26H,(H2,22,24)(H,23,25)/t14-,15-,16+,19+/m0/s1. The normalized spacial score (nSPS) is 28.0. The minimum absolute atomic E-state index is 0.342. The number of nitrogens with zero attached hydrogens (tertiary/aromatic N) is 1. The zero-order chi connectivity index (χ0) is 18.9. The van der Waals surface area contributed by atoms with Crippen molar-refractivity contribution < 1.29 is 14.7 Å². The van der Waals surface area contributed by atoms with E-state index in [0.29, 0.717) is 16.1 Å². The maximum absolute atomic E-state index is 12.6. The molecule has 7 heteroatoms. The topological polar surface area (TPSA) is 116 Å². The van der Waals surface area contributed by atoms with Crippen LogP contribution in [-0.4, -0.2) is 16.9 Å². The highest BCUT2D eigenvalue weighted by atomic mass is 35.5. The number of piperidine rings is 1. The second-order valence-corrected chi connectivity index (χ2v) is 6.63. The Hall–Kier alpha value is -2.88. The molecule has 0 radical (unpaired) electrons. The number of rotatable bonds is 3. The molecule has 0 bridgehead atoms. The van der Waals surface area contributed by atoms with Crippen LogP contribution in [-0.2, 0) is 15.3 Å². The van der Waals surface area contributed by atoms with Crippen molar-refractivity contribution in [2.45, 2.75) is 11.6 Å². The van der Waals surface area contributed by atoms with E-state index in [1.807, 2.05) is 0 Å². The quantitative estimate of drug-likeness (QED) is 0.713. The van der Waals surface area contributed by atoms with Gasteiger partial charge in [-0.2, -0.15) is 5.26 Å². The van der Waals surface area contributed by atoms with E-state index in [-0.39, 0.29) is 0 Å². The Balaban J connectivity index is 2.20. The molecule has 0 saturated carbocycles. The van der Waals surface area contributed by atoms with E-state index in [4.69, 9.17) is 17.3 Å². The van der Waals surface area contributed by atoms with Gasteiger partial charge in [-0.15, -0.1) is 0 Å². The third-order valence-corrected chi connectivity index (χ3v) is 4.89. The summed E-state index contributed by atoms with van der Waals surface area (Å²) < 4.78 is 0. The average molecular weight is 370 g/mol. The van der Waals surface area contributed by atoms with Crippen molar-refractivity contribution in [2.24, 2.45) is 17.6 Å². The van der Waals surface area contributed by atoms with Crippen LogP contribution >= 0.6 is 11.6 Å². The second-order valence-electron chi connectivity index (χ2n) is 6.19. The fraction of sp³-hybridized carbons (Fsp3) is 0.211. The Morgan fingerprint density at radius 3 is 2.50 bits per heavy atom. The first-order valence-electron chi connectivity index (χ1n) is 7.93. The Labute approximate surface area is 155 Å². The van der Waals surface area contributed by atoms with Crippen LogP contribution in [0.25, 0.3) is 0 Å². The van der Waals surface area contributed by atoms with Crippen molar-refractivity contribution in [2.75, 3.05) is 0 Å². The summed E-state index contributed by atoms with van der Waals surface area (Å²) in [5, 5.41) is 23.9. The molecule has 0 aliphatic carbocycles. The zero-order valence-electron chi connectivity index (χ0n) is 13.6. The van der Waals surface area contributed by atoms with Gasteiger partial charge >= 0.3 is 0 Å². The fourth-order valence-corrected chi connectivity index (χ4v) is 3.68. The number of nitrogens with two attached hydrogens (primary N) is 1. The molecular formula is C19H16ClN3O3. The molecule has 1 aliphatic rings. The molecule has 1 aliphatic heterocycles. The molecule has 2 aromatic rings. The minimum atomic E-state index is -1.97. The van der Waals surface area contributed by atoms with E-state index in [1.54, 1.807) is 54.6 Å². The summed E-state index contributed by atoms with van der Waals surface area (Å²) in [5.41, 5.74) is 4.30. The molecule has 26 heavy (non-hydrogen) atoms. The maximum atomic E-state index is 12.6. The Morgan fingerprint density at radius 1 is 1.23 bits per heavy atom. The van der Waals surface area contributed by atoms with Crippen LogP contribution in [0, 0.1) is 23.2 Å². The number of benzene rings is 2. The monoisotopic (exact) mass is 369 g/mol. The molecule has 0 aromatic heterocycles. The largest absolute Gasteiger partial charge is 0.369 e. The van der Waals surface area contributed by atoms with E-state index >= 15 is 0 Å². The van der Waals surface area contributed by atoms with Gasteiger partial charge in [-0.05, 0) is 17.7 Å². The first-order chi connectivity index (χ1) is 12.4. The molecule has 4 atom stereocenters. The number of hydrogen-bond donors (Lipinski definition) is 3. The molecule has 0 spiro atoms. The van der Waals surface area contributed by atoms with Crippen molar-refractivity contribution in [3.05, 3.63) is 70.7 Å². The summed E-state index contributed by atoms with van der Waals surface area (Å²) in [6, 6.07) is 16.9. The molecule has 0 unspecified atom stereocenters. The maximum Gasteiger partial charge on any atom is 0.235 e. The van der Waals surface area contributed by atoms with Gasteiger partial charge in [0.15, 0.2) is 5.72 Å². The smallest absolute Gasteiger partial charge is 0.235 e. The average Bonchev–Trinajstić information content (AvgIpc) is 2.61. The van der Waals surface area contributed by atoms with Crippen LogP contribution in [0.4, 0.5) is 0 Å². The van der Waals surface area contributed by atoms with E-state index in [9.17, 15) is 20.0 Å². The summed E-state index contributed by atoms with van der Waals surface area (Å²) in [6.45, 7) is 0.